The molecule has 114 valence electrons. The Bertz CT molecular complexity index is 704. The highest BCUT2D eigenvalue weighted by Gasteiger charge is 2.15. The summed E-state index contributed by atoms with van der Waals surface area (Å²) in [4.78, 5) is 12.2. The summed E-state index contributed by atoms with van der Waals surface area (Å²) in [5.41, 5.74) is 1.79. The molecule has 0 atom stereocenters. The summed E-state index contributed by atoms with van der Waals surface area (Å²) in [6.45, 7) is 1.87. The van der Waals surface area contributed by atoms with Crippen LogP contribution in [0.5, 0.6) is 0 Å². The Morgan fingerprint density at radius 1 is 1.09 bits per heavy atom. The molecular weight excluding hydrogens is 272 g/mol. The molecule has 0 fully saturated rings. The van der Waals surface area contributed by atoms with Crippen LogP contribution in [-0.2, 0) is 11.2 Å². The summed E-state index contributed by atoms with van der Waals surface area (Å²) < 4.78 is 4.99. The van der Waals surface area contributed by atoms with E-state index in [1.165, 1.54) is 7.11 Å². The summed E-state index contributed by atoms with van der Waals surface area (Å²) >= 11 is 0. The molecule has 0 aliphatic heterocycles. The number of hydrogen-bond acceptors (Lipinski definition) is 2. The van der Waals surface area contributed by atoms with Crippen LogP contribution in [-0.4, -0.2) is 13.1 Å². The number of fused-ring (bicyclic) bond motifs is 1. The molecule has 0 aliphatic carbocycles. The maximum absolute atomic E-state index is 12.2. The third-order valence-electron chi connectivity index (χ3n) is 3.83. The molecule has 0 N–H and O–H groups in total. The number of esters is 1. The van der Waals surface area contributed by atoms with Gasteiger partial charge >= 0.3 is 5.97 Å². The first-order valence-electron chi connectivity index (χ1n) is 7.76. The Balaban J connectivity index is 2.17. The van der Waals surface area contributed by atoms with Crippen molar-refractivity contribution >= 4 is 16.7 Å². The van der Waals surface area contributed by atoms with E-state index in [2.05, 4.69) is 24.0 Å². The summed E-state index contributed by atoms with van der Waals surface area (Å²) in [7, 11) is 1.44. The Morgan fingerprint density at radius 3 is 2.68 bits per heavy atom. The molecule has 0 heterocycles. The smallest absolute Gasteiger partial charge is 0.338 e. The molecule has 0 saturated carbocycles. The fourth-order valence-corrected chi connectivity index (χ4v) is 2.70. The number of carbonyl (C=O) groups is 1. The van der Waals surface area contributed by atoms with Crippen molar-refractivity contribution in [2.24, 2.45) is 0 Å². The molecule has 0 bridgehead atoms. The second kappa shape index (κ2) is 8.24. The topological polar surface area (TPSA) is 26.3 Å². The molecule has 2 heteroatoms. The number of ether oxygens (including phenoxy) is 1. The molecule has 2 nitrogen and oxygen atoms in total. The molecule has 0 aromatic heterocycles. The van der Waals surface area contributed by atoms with Gasteiger partial charge in [-0.3, -0.25) is 0 Å². The number of unbranched alkanes of at least 4 members (excludes halogenated alkanes) is 3. The summed E-state index contributed by atoms with van der Waals surface area (Å²) in [5, 5.41) is 2.05. The first-order chi connectivity index (χ1) is 10.8. The molecule has 0 amide bonds. The first-order valence-corrected chi connectivity index (χ1v) is 7.76. The summed E-state index contributed by atoms with van der Waals surface area (Å²) in [6.07, 6.45) is 5.16. The molecule has 2 rings (SSSR count). The number of rotatable bonds is 6. The van der Waals surface area contributed by atoms with Crippen LogP contribution in [0.4, 0.5) is 0 Å². The highest BCUT2D eigenvalue weighted by Crippen LogP contribution is 2.25. The maximum atomic E-state index is 12.2. The Hall–Kier alpha value is -2.27. The minimum atomic E-state index is -0.247. The number of aryl methyl sites for hydroxylation is 1. The van der Waals surface area contributed by atoms with Crippen molar-refractivity contribution in [3.63, 3.8) is 0 Å². The monoisotopic (exact) mass is 294 g/mol. The lowest BCUT2D eigenvalue weighted by molar-refractivity contribution is 0.0602. The normalized spacial score (nSPS) is 10.1. The number of methoxy groups -OCH3 is 1. The second-order valence-corrected chi connectivity index (χ2v) is 5.30. The van der Waals surface area contributed by atoms with E-state index in [4.69, 9.17) is 4.74 Å². The Morgan fingerprint density at radius 2 is 1.91 bits per heavy atom. The minimum Gasteiger partial charge on any atom is -0.465 e. The van der Waals surface area contributed by atoms with Gasteiger partial charge in [0.25, 0.3) is 0 Å². The molecular formula is C20H22O2. The van der Waals surface area contributed by atoms with Crippen molar-refractivity contribution in [3.8, 4) is 11.8 Å². The fourth-order valence-electron chi connectivity index (χ4n) is 2.70. The summed E-state index contributed by atoms with van der Waals surface area (Å²) in [5.74, 6) is 5.76. The van der Waals surface area contributed by atoms with E-state index >= 15 is 0 Å². The fraction of sp³-hybridized carbons (Fsp3) is 0.350. The van der Waals surface area contributed by atoms with Crippen LogP contribution in [0.15, 0.2) is 36.4 Å². The molecule has 2 aromatic rings. The lowest BCUT2D eigenvalue weighted by Crippen LogP contribution is -2.07. The van der Waals surface area contributed by atoms with E-state index < -0.39 is 0 Å². The van der Waals surface area contributed by atoms with Gasteiger partial charge in [-0.2, -0.15) is 0 Å². The second-order valence-electron chi connectivity index (χ2n) is 5.30. The van der Waals surface area contributed by atoms with Crippen molar-refractivity contribution in [1.82, 2.24) is 0 Å². The molecule has 0 spiro atoms. The third kappa shape index (κ3) is 3.89. The molecule has 22 heavy (non-hydrogen) atoms. The maximum Gasteiger partial charge on any atom is 0.338 e. The lowest BCUT2D eigenvalue weighted by Gasteiger charge is -2.11. The van der Waals surface area contributed by atoms with E-state index in [0.717, 1.165) is 48.4 Å². The van der Waals surface area contributed by atoms with Crippen molar-refractivity contribution < 1.29 is 9.53 Å². The van der Waals surface area contributed by atoms with Gasteiger partial charge in [0.05, 0.1) is 12.7 Å². The van der Waals surface area contributed by atoms with Gasteiger partial charge in [0.1, 0.15) is 0 Å². The van der Waals surface area contributed by atoms with Crippen molar-refractivity contribution in [1.29, 1.82) is 0 Å². The zero-order valence-electron chi connectivity index (χ0n) is 13.3. The van der Waals surface area contributed by atoms with Gasteiger partial charge in [-0.1, -0.05) is 42.8 Å². The van der Waals surface area contributed by atoms with Gasteiger partial charge in [-0.25, -0.2) is 4.79 Å². The van der Waals surface area contributed by atoms with Crippen LogP contribution in [0, 0.1) is 11.8 Å². The zero-order chi connectivity index (χ0) is 15.8. The average Bonchev–Trinajstić information content (AvgIpc) is 2.56. The number of hydrogen-bond donors (Lipinski definition) is 0. The Kier molecular flexibility index (Phi) is 6.03. The van der Waals surface area contributed by atoms with Crippen LogP contribution >= 0.6 is 0 Å². The molecule has 2 aromatic carbocycles. The Labute approximate surface area is 132 Å². The predicted molar refractivity (Wildman–Crippen MR) is 90.9 cm³/mol. The van der Waals surface area contributed by atoms with Crippen LogP contribution < -0.4 is 0 Å². The van der Waals surface area contributed by atoms with Gasteiger partial charge < -0.3 is 4.74 Å². The van der Waals surface area contributed by atoms with Gasteiger partial charge in [-0.15, -0.1) is 11.8 Å². The van der Waals surface area contributed by atoms with Crippen LogP contribution in [0.3, 0.4) is 0 Å². The van der Waals surface area contributed by atoms with E-state index in [-0.39, 0.29) is 5.97 Å². The average molecular weight is 294 g/mol. The van der Waals surface area contributed by atoms with Crippen LogP contribution in [0.25, 0.3) is 10.8 Å². The van der Waals surface area contributed by atoms with E-state index in [1.807, 2.05) is 31.2 Å². The SMILES string of the molecule is CC#CCCCCCc1ccc2ccccc2c1C(=O)OC. The quantitative estimate of drug-likeness (QED) is 0.436. The van der Waals surface area contributed by atoms with E-state index in [9.17, 15) is 4.79 Å². The zero-order valence-corrected chi connectivity index (χ0v) is 13.3. The first kappa shape index (κ1) is 16.1. The summed E-state index contributed by atoms with van der Waals surface area (Å²) in [6, 6.07) is 12.1. The number of benzene rings is 2. The predicted octanol–water partition coefficient (Wildman–Crippen LogP) is 4.75. The van der Waals surface area contributed by atoms with Crippen LogP contribution in [0.2, 0.25) is 0 Å². The standard InChI is InChI=1S/C20H22O2/c1-3-4-5-6-7-8-12-17-15-14-16-11-9-10-13-18(16)19(17)20(21)22-2/h9-11,13-15H,5-8,12H2,1-2H3. The van der Waals surface area contributed by atoms with Crippen molar-refractivity contribution in [3.05, 3.63) is 47.5 Å². The van der Waals surface area contributed by atoms with Gasteiger partial charge in [-0.05, 0) is 42.5 Å². The lowest BCUT2D eigenvalue weighted by atomic mass is 9.95. The van der Waals surface area contributed by atoms with E-state index in [1.54, 1.807) is 0 Å². The molecule has 0 unspecified atom stereocenters. The van der Waals surface area contributed by atoms with Gasteiger partial charge in [0, 0.05) is 6.42 Å². The third-order valence-corrected chi connectivity index (χ3v) is 3.83. The van der Waals surface area contributed by atoms with Crippen LogP contribution in [0.1, 0.15) is 48.5 Å². The van der Waals surface area contributed by atoms with E-state index in [0.29, 0.717) is 5.56 Å². The van der Waals surface area contributed by atoms with Gasteiger partial charge in [0.2, 0.25) is 0 Å². The molecule has 0 radical (unpaired) electrons. The van der Waals surface area contributed by atoms with Crippen molar-refractivity contribution in [2.75, 3.05) is 7.11 Å². The largest absolute Gasteiger partial charge is 0.465 e. The molecule has 0 aliphatic rings. The highest BCUT2D eigenvalue weighted by atomic mass is 16.5. The van der Waals surface area contributed by atoms with Crippen molar-refractivity contribution in [2.45, 2.75) is 39.0 Å². The molecule has 0 saturated heterocycles. The minimum absolute atomic E-state index is 0.247. The van der Waals surface area contributed by atoms with Gasteiger partial charge in [0.15, 0.2) is 0 Å². The highest BCUT2D eigenvalue weighted by molar-refractivity contribution is 6.05. The number of carbonyl (C=O) groups excluding carboxylic acids is 1.